The van der Waals surface area contributed by atoms with Crippen molar-refractivity contribution >= 4 is 0 Å². The molecule has 0 aromatic heterocycles. The van der Waals surface area contributed by atoms with E-state index in [2.05, 4.69) is 11.4 Å². The lowest BCUT2D eigenvalue weighted by Gasteiger charge is -2.13. The monoisotopic (exact) mass is 232 g/mol. The number of nitrogens with one attached hydrogen (secondary N) is 1. The maximum Gasteiger partial charge on any atom is 0.0837 e. The highest BCUT2D eigenvalue weighted by molar-refractivity contribution is 5.24. The van der Waals surface area contributed by atoms with Crippen LogP contribution in [0.2, 0.25) is 0 Å². The van der Waals surface area contributed by atoms with Crippen molar-refractivity contribution in [1.82, 2.24) is 5.32 Å². The van der Waals surface area contributed by atoms with Gasteiger partial charge in [-0.25, -0.2) is 0 Å². The average molecular weight is 232 g/mol. The topological polar surface area (TPSA) is 56.0 Å². The Morgan fingerprint density at radius 1 is 1.29 bits per heavy atom. The molecule has 0 radical (unpaired) electrons. The Bertz CT molecular complexity index is 345. The molecule has 0 aliphatic heterocycles. The summed E-state index contributed by atoms with van der Waals surface area (Å²) in [6, 6.07) is 12.0. The van der Waals surface area contributed by atoms with Crippen LogP contribution in [-0.2, 0) is 0 Å². The van der Waals surface area contributed by atoms with E-state index in [0.717, 1.165) is 18.4 Å². The molecule has 92 valence electrons. The Hall–Kier alpha value is -1.37. The van der Waals surface area contributed by atoms with Crippen molar-refractivity contribution < 1.29 is 5.11 Å². The molecule has 0 amide bonds. The number of hydrogen-bond donors (Lipinski definition) is 2. The Morgan fingerprint density at radius 3 is 2.59 bits per heavy atom. The molecule has 0 spiro atoms. The summed E-state index contributed by atoms with van der Waals surface area (Å²) in [5, 5.41) is 21.8. The van der Waals surface area contributed by atoms with Gasteiger partial charge in [0.05, 0.1) is 18.1 Å². The first-order valence-electron chi connectivity index (χ1n) is 6.11. The maximum atomic E-state index is 9.56. The highest BCUT2D eigenvalue weighted by Gasteiger charge is 2.10. The number of nitriles is 1. The van der Waals surface area contributed by atoms with Crippen LogP contribution >= 0.6 is 0 Å². The van der Waals surface area contributed by atoms with Crippen molar-refractivity contribution in [1.29, 1.82) is 5.26 Å². The molecule has 0 bridgehead atoms. The van der Waals surface area contributed by atoms with Gasteiger partial charge in [0.1, 0.15) is 0 Å². The summed E-state index contributed by atoms with van der Waals surface area (Å²) < 4.78 is 0. The quantitative estimate of drug-likeness (QED) is 0.756. The van der Waals surface area contributed by atoms with Crippen LogP contribution in [0, 0.1) is 11.3 Å². The largest absolute Gasteiger partial charge is 0.392 e. The fourth-order valence-corrected chi connectivity index (χ4v) is 1.75. The van der Waals surface area contributed by atoms with Gasteiger partial charge in [-0.3, -0.25) is 0 Å². The first kappa shape index (κ1) is 13.7. The molecule has 0 saturated heterocycles. The van der Waals surface area contributed by atoms with Gasteiger partial charge in [0.15, 0.2) is 0 Å². The van der Waals surface area contributed by atoms with E-state index in [-0.39, 0.29) is 12.0 Å². The van der Waals surface area contributed by atoms with Crippen LogP contribution in [0.15, 0.2) is 30.3 Å². The van der Waals surface area contributed by atoms with Gasteiger partial charge in [-0.2, -0.15) is 5.26 Å². The molecule has 0 saturated carbocycles. The first-order chi connectivity index (χ1) is 8.27. The Balaban J connectivity index is 2.37. The summed E-state index contributed by atoms with van der Waals surface area (Å²) in [7, 11) is 0. The number of aliphatic hydroxyl groups excluding tert-OH is 1. The summed E-state index contributed by atoms with van der Waals surface area (Å²) in [5.74, 6) is -0.148. The van der Waals surface area contributed by atoms with Gasteiger partial charge in [0, 0.05) is 13.1 Å². The lowest BCUT2D eigenvalue weighted by atomic mass is 10.0. The second kappa shape index (κ2) is 7.83. The van der Waals surface area contributed by atoms with Crippen LogP contribution in [0.1, 0.15) is 31.2 Å². The third kappa shape index (κ3) is 4.99. The van der Waals surface area contributed by atoms with Crippen molar-refractivity contribution in [3.8, 4) is 6.07 Å². The van der Waals surface area contributed by atoms with Gasteiger partial charge in [-0.05, 0) is 12.0 Å². The zero-order valence-electron chi connectivity index (χ0n) is 10.3. The fraction of sp³-hybridized carbons (Fsp3) is 0.500. The molecule has 3 nitrogen and oxygen atoms in total. The standard InChI is InChI=1S/C14H20N2O/c1-2-6-14(17)11-16-10-13(9-15)12-7-4-3-5-8-12/h3-5,7-8,13-14,16-17H,2,6,10-11H2,1H3. The molecule has 1 aromatic rings. The highest BCUT2D eigenvalue weighted by Crippen LogP contribution is 2.13. The predicted octanol–water partition coefficient (Wildman–Crippen LogP) is 2.04. The fourth-order valence-electron chi connectivity index (χ4n) is 1.75. The zero-order chi connectivity index (χ0) is 12.5. The Morgan fingerprint density at radius 2 is 2.00 bits per heavy atom. The summed E-state index contributed by atoms with van der Waals surface area (Å²) in [6.07, 6.45) is 1.47. The van der Waals surface area contributed by atoms with E-state index in [0.29, 0.717) is 13.1 Å². The van der Waals surface area contributed by atoms with Gasteiger partial charge in [-0.15, -0.1) is 0 Å². The molecule has 2 N–H and O–H groups in total. The molecule has 0 heterocycles. The SMILES string of the molecule is CCCC(O)CNCC(C#N)c1ccccc1. The smallest absolute Gasteiger partial charge is 0.0837 e. The van der Waals surface area contributed by atoms with Crippen LogP contribution in [-0.4, -0.2) is 24.3 Å². The van der Waals surface area contributed by atoms with Crippen molar-refractivity contribution in [2.45, 2.75) is 31.8 Å². The molecular weight excluding hydrogens is 212 g/mol. The van der Waals surface area contributed by atoms with Crippen LogP contribution < -0.4 is 5.32 Å². The van der Waals surface area contributed by atoms with Gasteiger partial charge < -0.3 is 10.4 Å². The van der Waals surface area contributed by atoms with E-state index in [9.17, 15) is 5.11 Å². The van der Waals surface area contributed by atoms with Gasteiger partial charge in [0.25, 0.3) is 0 Å². The van der Waals surface area contributed by atoms with E-state index >= 15 is 0 Å². The maximum absolute atomic E-state index is 9.56. The second-order valence-electron chi connectivity index (χ2n) is 4.19. The molecule has 1 rings (SSSR count). The third-order valence-corrected chi connectivity index (χ3v) is 2.71. The van der Waals surface area contributed by atoms with Crippen molar-refractivity contribution in [2.75, 3.05) is 13.1 Å². The number of benzene rings is 1. The normalized spacial score (nSPS) is 13.9. The van der Waals surface area contributed by atoms with E-state index in [1.54, 1.807) is 0 Å². The minimum absolute atomic E-state index is 0.148. The highest BCUT2D eigenvalue weighted by atomic mass is 16.3. The average Bonchev–Trinajstić information content (AvgIpc) is 2.36. The zero-order valence-corrected chi connectivity index (χ0v) is 10.3. The van der Waals surface area contributed by atoms with Crippen LogP contribution in [0.25, 0.3) is 0 Å². The molecule has 2 atom stereocenters. The molecule has 3 heteroatoms. The predicted molar refractivity (Wildman–Crippen MR) is 68.6 cm³/mol. The van der Waals surface area contributed by atoms with Crippen molar-refractivity contribution in [3.63, 3.8) is 0 Å². The summed E-state index contributed by atoms with van der Waals surface area (Å²) in [6.45, 7) is 3.19. The van der Waals surface area contributed by atoms with Gasteiger partial charge >= 0.3 is 0 Å². The Kier molecular flexibility index (Phi) is 6.31. The number of rotatable bonds is 7. The molecule has 1 aromatic carbocycles. The van der Waals surface area contributed by atoms with E-state index < -0.39 is 0 Å². The molecule has 0 aliphatic carbocycles. The molecular formula is C14H20N2O. The van der Waals surface area contributed by atoms with E-state index in [1.165, 1.54) is 0 Å². The minimum atomic E-state index is -0.310. The summed E-state index contributed by atoms with van der Waals surface area (Å²) >= 11 is 0. The summed E-state index contributed by atoms with van der Waals surface area (Å²) in [5.41, 5.74) is 1.02. The van der Waals surface area contributed by atoms with Gasteiger partial charge in [0.2, 0.25) is 0 Å². The third-order valence-electron chi connectivity index (χ3n) is 2.71. The first-order valence-corrected chi connectivity index (χ1v) is 6.11. The van der Waals surface area contributed by atoms with Crippen molar-refractivity contribution in [2.24, 2.45) is 0 Å². The minimum Gasteiger partial charge on any atom is -0.392 e. The lowest BCUT2D eigenvalue weighted by Crippen LogP contribution is -2.29. The second-order valence-corrected chi connectivity index (χ2v) is 4.19. The number of aliphatic hydroxyl groups is 1. The van der Waals surface area contributed by atoms with Gasteiger partial charge in [-0.1, -0.05) is 43.7 Å². The van der Waals surface area contributed by atoms with Crippen molar-refractivity contribution in [3.05, 3.63) is 35.9 Å². The van der Waals surface area contributed by atoms with Crippen LogP contribution in [0.5, 0.6) is 0 Å². The molecule has 0 fully saturated rings. The number of nitrogens with zero attached hydrogens (tertiary/aromatic N) is 1. The van der Waals surface area contributed by atoms with E-state index in [4.69, 9.17) is 5.26 Å². The summed E-state index contributed by atoms with van der Waals surface area (Å²) in [4.78, 5) is 0. The number of hydrogen-bond acceptors (Lipinski definition) is 3. The Labute approximate surface area is 103 Å². The van der Waals surface area contributed by atoms with Crippen LogP contribution in [0.3, 0.4) is 0 Å². The molecule has 2 unspecified atom stereocenters. The molecule has 17 heavy (non-hydrogen) atoms. The van der Waals surface area contributed by atoms with Crippen LogP contribution in [0.4, 0.5) is 0 Å². The lowest BCUT2D eigenvalue weighted by molar-refractivity contribution is 0.161. The van der Waals surface area contributed by atoms with E-state index in [1.807, 2.05) is 37.3 Å². The molecule has 0 aliphatic rings.